The van der Waals surface area contributed by atoms with Gasteiger partial charge in [0.2, 0.25) is 11.8 Å². The van der Waals surface area contributed by atoms with E-state index in [-0.39, 0.29) is 5.82 Å². The van der Waals surface area contributed by atoms with Crippen LogP contribution in [0.3, 0.4) is 0 Å². The first-order chi connectivity index (χ1) is 13.3. The van der Waals surface area contributed by atoms with Gasteiger partial charge in [0.15, 0.2) is 5.82 Å². The number of aromatic carboxylic acids is 1. The van der Waals surface area contributed by atoms with Crippen LogP contribution in [0.5, 0.6) is 5.88 Å². The average Bonchev–Trinajstić information content (AvgIpc) is 2.66. The summed E-state index contributed by atoms with van der Waals surface area (Å²) in [6, 6.07) is 5.38. The van der Waals surface area contributed by atoms with E-state index >= 15 is 0 Å². The van der Waals surface area contributed by atoms with Crippen molar-refractivity contribution in [3.63, 3.8) is 0 Å². The molecule has 4 N–H and O–H groups in total. The van der Waals surface area contributed by atoms with Crippen LogP contribution in [0.15, 0.2) is 30.5 Å². The zero-order chi connectivity index (χ0) is 20.8. The maximum Gasteiger partial charge on any atom is 0.342 e. The fourth-order valence-electron chi connectivity index (χ4n) is 2.42. The number of carbonyl (C=O) groups excluding carboxylic acids is 2. The number of rotatable bonds is 7. The molecule has 2 aromatic rings. The predicted molar refractivity (Wildman–Crippen MR) is 105 cm³/mol. The molecule has 2 amide bonds. The molecular formula is C18H20N4O5S. The molecule has 148 valence electrons. The van der Waals surface area contributed by atoms with Gasteiger partial charge < -0.3 is 15.9 Å². The van der Waals surface area contributed by atoms with Crippen LogP contribution in [0.4, 0.5) is 5.69 Å². The second-order valence-corrected chi connectivity index (χ2v) is 6.85. The lowest BCUT2D eigenvalue weighted by Crippen LogP contribution is -2.46. The summed E-state index contributed by atoms with van der Waals surface area (Å²) >= 11 is 1.56. The number of amides is 2. The minimum Gasteiger partial charge on any atom is -0.493 e. The van der Waals surface area contributed by atoms with Crippen LogP contribution in [0.1, 0.15) is 23.7 Å². The van der Waals surface area contributed by atoms with E-state index in [0.29, 0.717) is 23.4 Å². The van der Waals surface area contributed by atoms with Crippen molar-refractivity contribution in [3.05, 3.63) is 36.0 Å². The highest BCUT2D eigenvalue weighted by atomic mass is 32.2. The summed E-state index contributed by atoms with van der Waals surface area (Å²) in [6.45, 7) is 1.28. The number of aromatic nitrogens is 2. The van der Waals surface area contributed by atoms with E-state index in [1.54, 1.807) is 23.9 Å². The average molecular weight is 404 g/mol. The number of nitrogens with zero attached hydrogens (tertiary/aromatic N) is 3. The van der Waals surface area contributed by atoms with Gasteiger partial charge in [-0.05, 0) is 42.7 Å². The number of carbonyl (C=O) groups is 3. The quantitative estimate of drug-likeness (QED) is 0.624. The first kappa shape index (κ1) is 21.3. The maximum absolute atomic E-state index is 12.5. The fraction of sp³-hybridized carbons (Fsp3) is 0.278. The summed E-state index contributed by atoms with van der Waals surface area (Å²) in [4.78, 5) is 44.2. The zero-order valence-corrected chi connectivity index (χ0v) is 16.1. The lowest BCUT2D eigenvalue weighted by Gasteiger charge is -2.23. The van der Waals surface area contributed by atoms with Crippen molar-refractivity contribution in [3.8, 4) is 17.3 Å². The van der Waals surface area contributed by atoms with E-state index in [0.717, 1.165) is 11.1 Å². The molecule has 0 saturated carbocycles. The van der Waals surface area contributed by atoms with Gasteiger partial charge in [0.05, 0.1) is 11.7 Å². The summed E-state index contributed by atoms with van der Waals surface area (Å²) in [7, 11) is 0. The Kier molecular flexibility index (Phi) is 7.07. The Bertz CT molecular complexity index is 888. The minimum absolute atomic E-state index is 0.103. The van der Waals surface area contributed by atoms with Crippen LogP contribution in [0.25, 0.3) is 11.4 Å². The third-order valence-corrected chi connectivity index (χ3v) is 4.51. The summed E-state index contributed by atoms with van der Waals surface area (Å²) in [5.74, 6) is -2.14. The van der Waals surface area contributed by atoms with Gasteiger partial charge >= 0.3 is 5.97 Å². The predicted octanol–water partition coefficient (Wildman–Crippen LogP) is 1.51. The normalized spacial score (nSPS) is 11.7. The second kappa shape index (κ2) is 9.29. The lowest BCUT2D eigenvalue weighted by atomic mass is 10.1. The molecule has 1 aromatic carbocycles. The molecule has 0 fully saturated rings. The number of nitrogens with two attached hydrogens (primary N) is 1. The van der Waals surface area contributed by atoms with Gasteiger partial charge in [-0.25, -0.2) is 14.7 Å². The van der Waals surface area contributed by atoms with E-state index in [9.17, 15) is 19.5 Å². The summed E-state index contributed by atoms with van der Waals surface area (Å²) in [6.07, 6.45) is 3.36. The molecule has 28 heavy (non-hydrogen) atoms. The number of aromatic hydroxyl groups is 1. The number of benzene rings is 1. The van der Waals surface area contributed by atoms with Crippen LogP contribution >= 0.6 is 11.8 Å². The van der Waals surface area contributed by atoms with Gasteiger partial charge in [0.25, 0.3) is 5.91 Å². The van der Waals surface area contributed by atoms with Crippen LogP contribution in [0, 0.1) is 0 Å². The first-order valence-electron chi connectivity index (χ1n) is 8.25. The van der Waals surface area contributed by atoms with Gasteiger partial charge in [0, 0.05) is 18.7 Å². The van der Waals surface area contributed by atoms with E-state index < -0.39 is 35.3 Å². The van der Waals surface area contributed by atoms with Gasteiger partial charge in [-0.2, -0.15) is 16.7 Å². The summed E-state index contributed by atoms with van der Waals surface area (Å²) in [5.41, 5.74) is 6.30. The molecule has 1 heterocycles. The maximum atomic E-state index is 12.5. The van der Waals surface area contributed by atoms with Crippen molar-refractivity contribution in [2.45, 2.75) is 19.4 Å². The molecular weight excluding hydrogens is 384 g/mol. The molecule has 0 spiro atoms. The molecule has 0 aliphatic rings. The molecule has 10 heteroatoms. The third kappa shape index (κ3) is 4.84. The number of imide groups is 1. The zero-order valence-electron chi connectivity index (χ0n) is 15.3. The highest BCUT2D eigenvalue weighted by Gasteiger charge is 2.25. The number of carboxylic acids is 1. The van der Waals surface area contributed by atoms with Gasteiger partial charge in [-0.3, -0.25) is 9.59 Å². The Hall–Kier alpha value is -2.98. The monoisotopic (exact) mass is 404 g/mol. The Labute approximate surface area is 165 Å². The number of hydrogen-bond donors (Lipinski definition) is 3. The van der Waals surface area contributed by atoms with E-state index in [1.807, 2.05) is 6.26 Å². The van der Waals surface area contributed by atoms with Crippen LogP contribution in [0.2, 0.25) is 0 Å². The van der Waals surface area contributed by atoms with Crippen molar-refractivity contribution in [2.75, 3.05) is 16.9 Å². The van der Waals surface area contributed by atoms with Crippen molar-refractivity contribution < 1.29 is 24.6 Å². The Morgan fingerprint density at radius 1 is 1.25 bits per heavy atom. The summed E-state index contributed by atoms with van der Waals surface area (Å²) in [5, 5.41) is 18.6. The molecule has 0 bridgehead atoms. The number of anilines is 1. The second-order valence-electron chi connectivity index (χ2n) is 5.86. The Morgan fingerprint density at radius 3 is 2.39 bits per heavy atom. The van der Waals surface area contributed by atoms with Crippen molar-refractivity contribution in [2.24, 2.45) is 5.73 Å². The smallest absolute Gasteiger partial charge is 0.342 e. The van der Waals surface area contributed by atoms with Crippen LogP contribution < -0.4 is 10.6 Å². The standard InChI is InChI=1S/C18H20N4O5S/c1-10(23)22(17(25)14(19)7-8-28-2)12-5-3-11(4-6-12)15-20-9-13(18(26)27)16(24)21-15/h3-6,9,14H,7-8,19H2,1-2H3,(H,26,27)(H,20,21,24). The molecule has 1 unspecified atom stereocenters. The van der Waals surface area contributed by atoms with Crippen LogP contribution in [-0.4, -0.2) is 56.0 Å². The third-order valence-electron chi connectivity index (χ3n) is 3.87. The highest BCUT2D eigenvalue weighted by Crippen LogP contribution is 2.24. The molecule has 0 radical (unpaired) electrons. The lowest BCUT2D eigenvalue weighted by molar-refractivity contribution is -0.126. The highest BCUT2D eigenvalue weighted by molar-refractivity contribution is 7.98. The molecule has 0 aliphatic carbocycles. The largest absolute Gasteiger partial charge is 0.493 e. The van der Waals surface area contributed by atoms with Gasteiger partial charge in [0.1, 0.15) is 5.56 Å². The fourth-order valence-corrected chi connectivity index (χ4v) is 2.91. The molecule has 0 saturated heterocycles. The topological polar surface area (TPSA) is 147 Å². The Balaban J connectivity index is 2.28. The Morgan fingerprint density at radius 2 is 1.89 bits per heavy atom. The van der Waals surface area contributed by atoms with E-state index in [2.05, 4.69) is 9.97 Å². The van der Waals surface area contributed by atoms with Gasteiger partial charge in [-0.15, -0.1) is 0 Å². The number of hydrogen-bond acceptors (Lipinski definition) is 8. The molecule has 1 atom stereocenters. The van der Waals surface area contributed by atoms with Gasteiger partial charge in [-0.1, -0.05) is 0 Å². The SMILES string of the molecule is CSCCC(N)C(=O)N(C(C)=O)c1ccc(-c2ncc(C(=O)O)c(O)n2)cc1. The van der Waals surface area contributed by atoms with Crippen molar-refractivity contribution in [1.82, 2.24) is 9.97 Å². The number of thioether (sulfide) groups is 1. The minimum atomic E-state index is -1.34. The molecule has 2 rings (SSSR count). The van der Waals surface area contributed by atoms with Crippen molar-refractivity contribution in [1.29, 1.82) is 0 Å². The van der Waals surface area contributed by atoms with E-state index in [1.165, 1.54) is 19.1 Å². The first-order valence-corrected chi connectivity index (χ1v) is 9.64. The van der Waals surface area contributed by atoms with Crippen molar-refractivity contribution >= 4 is 35.2 Å². The molecule has 0 aliphatic heterocycles. The summed E-state index contributed by atoms with van der Waals surface area (Å²) < 4.78 is 0. The molecule has 9 nitrogen and oxygen atoms in total. The van der Waals surface area contributed by atoms with Crippen LogP contribution in [-0.2, 0) is 9.59 Å². The number of carboxylic acid groups (broad SMARTS) is 1. The molecule has 1 aromatic heterocycles. The van der Waals surface area contributed by atoms with E-state index in [4.69, 9.17) is 10.8 Å².